The Hall–Kier alpha value is -1.15. The Kier molecular flexibility index (Phi) is 4.47. The zero-order chi connectivity index (χ0) is 13.1. The highest BCUT2D eigenvalue weighted by Crippen LogP contribution is 2.34. The van der Waals surface area contributed by atoms with Crippen molar-refractivity contribution in [2.75, 3.05) is 19.3 Å². The van der Waals surface area contributed by atoms with E-state index in [1.165, 1.54) is 0 Å². The molecule has 0 aromatic carbocycles. The SMILES string of the molecule is CS(=O)(=O)NCCNC(=O)C1CCC1C(=O)O. The molecular weight excluding hydrogens is 248 g/mol. The maximum absolute atomic E-state index is 11.5. The summed E-state index contributed by atoms with van der Waals surface area (Å²) < 4.78 is 23.7. The molecule has 17 heavy (non-hydrogen) atoms. The van der Waals surface area contributed by atoms with Gasteiger partial charge in [-0.25, -0.2) is 13.1 Å². The smallest absolute Gasteiger partial charge is 0.307 e. The zero-order valence-electron chi connectivity index (χ0n) is 9.47. The summed E-state index contributed by atoms with van der Waals surface area (Å²) in [5, 5.41) is 11.3. The van der Waals surface area contributed by atoms with Gasteiger partial charge < -0.3 is 10.4 Å². The second-order valence-electron chi connectivity index (χ2n) is 4.09. The number of aliphatic carboxylic acids is 1. The van der Waals surface area contributed by atoms with Crippen LogP contribution in [0.4, 0.5) is 0 Å². The molecule has 0 heterocycles. The van der Waals surface area contributed by atoms with Gasteiger partial charge in [-0.1, -0.05) is 0 Å². The van der Waals surface area contributed by atoms with Crippen LogP contribution in [0.25, 0.3) is 0 Å². The van der Waals surface area contributed by atoms with Gasteiger partial charge in [0.15, 0.2) is 0 Å². The summed E-state index contributed by atoms with van der Waals surface area (Å²) in [4.78, 5) is 22.2. The largest absolute Gasteiger partial charge is 0.481 e. The number of amides is 1. The second kappa shape index (κ2) is 5.46. The topological polar surface area (TPSA) is 113 Å². The number of sulfonamides is 1. The molecule has 1 aliphatic rings. The fourth-order valence-electron chi connectivity index (χ4n) is 1.66. The van der Waals surface area contributed by atoms with E-state index in [4.69, 9.17) is 5.11 Å². The van der Waals surface area contributed by atoms with Gasteiger partial charge in [-0.3, -0.25) is 9.59 Å². The third kappa shape index (κ3) is 4.31. The summed E-state index contributed by atoms with van der Waals surface area (Å²) >= 11 is 0. The van der Waals surface area contributed by atoms with Crippen molar-refractivity contribution in [3.05, 3.63) is 0 Å². The Bertz CT molecular complexity index is 406. The molecule has 1 rings (SSSR count). The molecule has 1 saturated carbocycles. The average Bonchev–Trinajstić information content (AvgIpc) is 2.08. The predicted octanol–water partition coefficient (Wildman–Crippen LogP) is -1.24. The quantitative estimate of drug-likeness (QED) is 0.520. The molecule has 0 aliphatic heterocycles. The van der Waals surface area contributed by atoms with E-state index < -0.39 is 27.8 Å². The minimum absolute atomic E-state index is 0.106. The Morgan fingerprint density at radius 1 is 1.24 bits per heavy atom. The number of carbonyl (C=O) groups is 2. The van der Waals surface area contributed by atoms with E-state index >= 15 is 0 Å². The van der Waals surface area contributed by atoms with Crippen LogP contribution in [-0.2, 0) is 19.6 Å². The fourth-order valence-corrected chi connectivity index (χ4v) is 2.14. The molecular formula is C9H16N2O5S. The van der Waals surface area contributed by atoms with Crippen LogP contribution in [0.1, 0.15) is 12.8 Å². The minimum atomic E-state index is -3.25. The summed E-state index contributed by atoms with van der Waals surface area (Å²) in [6.07, 6.45) is 2.12. The number of carbonyl (C=O) groups excluding carboxylic acids is 1. The summed E-state index contributed by atoms with van der Waals surface area (Å²) in [6.45, 7) is 0.268. The van der Waals surface area contributed by atoms with E-state index in [9.17, 15) is 18.0 Å². The first kappa shape index (κ1) is 13.9. The maximum atomic E-state index is 11.5. The monoisotopic (exact) mass is 264 g/mol. The van der Waals surface area contributed by atoms with Crippen LogP contribution in [0.5, 0.6) is 0 Å². The number of nitrogens with one attached hydrogen (secondary N) is 2. The van der Waals surface area contributed by atoms with E-state index in [1.807, 2.05) is 0 Å². The van der Waals surface area contributed by atoms with E-state index in [0.29, 0.717) is 12.8 Å². The van der Waals surface area contributed by atoms with Crippen molar-refractivity contribution in [3.8, 4) is 0 Å². The van der Waals surface area contributed by atoms with E-state index in [0.717, 1.165) is 6.26 Å². The molecule has 0 aromatic rings. The number of rotatable bonds is 6. The van der Waals surface area contributed by atoms with Gasteiger partial charge in [-0.15, -0.1) is 0 Å². The Labute approximate surface area is 99.6 Å². The van der Waals surface area contributed by atoms with Crippen LogP contribution in [0, 0.1) is 11.8 Å². The standard InChI is InChI=1S/C9H16N2O5S/c1-17(15,16)11-5-4-10-8(12)6-2-3-7(6)9(13)14/h6-7,11H,2-5H2,1H3,(H,10,12)(H,13,14). The Morgan fingerprint density at radius 3 is 2.24 bits per heavy atom. The maximum Gasteiger partial charge on any atom is 0.307 e. The summed E-state index contributed by atoms with van der Waals surface area (Å²) in [6, 6.07) is 0. The van der Waals surface area contributed by atoms with Crippen molar-refractivity contribution in [3.63, 3.8) is 0 Å². The van der Waals surface area contributed by atoms with Gasteiger partial charge in [0.1, 0.15) is 0 Å². The van der Waals surface area contributed by atoms with Gasteiger partial charge in [-0.05, 0) is 12.8 Å². The van der Waals surface area contributed by atoms with E-state index in [2.05, 4.69) is 10.0 Å². The lowest BCUT2D eigenvalue weighted by Crippen LogP contribution is -2.45. The van der Waals surface area contributed by atoms with Crippen LogP contribution in [-0.4, -0.2) is 44.7 Å². The molecule has 1 amide bonds. The number of carboxylic acid groups (broad SMARTS) is 1. The molecule has 0 radical (unpaired) electrons. The lowest BCUT2D eigenvalue weighted by molar-refractivity contribution is -0.152. The van der Waals surface area contributed by atoms with Gasteiger partial charge in [0.2, 0.25) is 15.9 Å². The van der Waals surface area contributed by atoms with Gasteiger partial charge in [-0.2, -0.15) is 0 Å². The van der Waals surface area contributed by atoms with Crippen molar-refractivity contribution in [1.82, 2.24) is 10.0 Å². The number of hydrogen-bond donors (Lipinski definition) is 3. The first-order valence-electron chi connectivity index (χ1n) is 5.26. The van der Waals surface area contributed by atoms with Crippen molar-refractivity contribution in [2.45, 2.75) is 12.8 Å². The first-order chi connectivity index (χ1) is 7.81. The van der Waals surface area contributed by atoms with Gasteiger partial charge in [0, 0.05) is 13.1 Å². The molecule has 8 heteroatoms. The summed E-state index contributed by atoms with van der Waals surface area (Å²) in [7, 11) is -3.25. The Balaban J connectivity index is 2.24. The van der Waals surface area contributed by atoms with Crippen molar-refractivity contribution in [2.24, 2.45) is 11.8 Å². The van der Waals surface area contributed by atoms with E-state index in [-0.39, 0.29) is 19.0 Å². The third-order valence-corrected chi connectivity index (χ3v) is 3.45. The molecule has 2 atom stereocenters. The van der Waals surface area contributed by atoms with Crippen LogP contribution < -0.4 is 10.0 Å². The molecule has 0 aromatic heterocycles. The van der Waals surface area contributed by atoms with Gasteiger partial charge in [0.25, 0.3) is 0 Å². The summed E-state index contributed by atoms with van der Waals surface area (Å²) in [5.41, 5.74) is 0. The molecule has 7 nitrogen and oxygen atoms in total. The first-order valence-corrected chi connectivity index (χ1v) is 7.15. The Morgan fingerprint density at radius 2 is 1.82 bits per heavy atom. The number of hydrogen-bond acceptors (Lipinski definition) is 4. The van der Waals surface area contributed by atoms with Crippen LogP contribution >= 0.6 is 0 Å². The average molecular weight is 264 g/mol. The van der Waals surface area contributed by atoms with Gasteiger partial charge >= 0.3 is 5.97 Å². The van der Waals surface area contributed by atoms with Crippen molar-refractivity contribution >= 4 is 21.9 Å². The predicted molar refractivity (Wildman–Crippen MR) is 59.7 cm³/mol. The fraction of sp³-hybridized carbons (Fsp3) is 0.778. The van der Waals surface area contributed by atoms with Crippen molar-refractivity contribution in [1.29, 1.82) is 0 Å². The van der Waals surface area contributed by atoms with Crippen LogP contribution in [0.15, 0.2) is 0 Å². The van der Waals surface area contributed by atoms with Crippen molar-refractivity contribution < 1.29 is 23.1 Å². The molecule has 0 saturated heterocycles. The minimum Gasteiger partial charge on any atom is -0.481 e. The summed E-state index contributed by atoms with van der Waals surface area (Å²) in [5.74, 6) is -2.35. The molecule has 1 aliphatic carbocycles. The highest BCUT2D eigenvalue weighted by Gasteiger charge is 2.41. The van der Waals surface area contributed by atoms with Crippen LogP contribution in [0.3, 0.4) is 0 Å². The molecule has 0 bridgehead atoms. The molecule has 2 unspecified atom stereocenters. The van der Waals surface area contributed by atoms with Crippen LogP contribution in [0.2, 0.25) is 0 Å². The highest BCUT2D eigenvalue weighted by molar-refractivity contribution is 7.88. The van der Waals surface area contributed by atoms with Gasteiger partial charge in [0.05, 0.1) is 18.1 Å². The molecule has 3 N–H and O–H groups in total. The van der Waals surface area contributed by atoms with E-state index in [1.54, 1.807) is 0 Å². The molecule has 0 spiro atoms. The highest BCUT2D eigenvalue weighted by atomic mass is 32.2. The second-order valence-corrected chi connectivity index (χ2v) is 5.92. The zero-order valence-corrected chi connectivity index (χ0v) is 10.3. The lowest BCUT2D eigenvalue weighted by Gasteiger charge is -2.31. The lowest BCUT2D eigenvalue weighted by atomic mass is 9.73. The normalized spacial score (nSPS) is 23.8. The third-order valence-electron chi connectivity index (χ3n) is 2.72. The molecule has 1 fully saturated rings. The number of carboxylic acids is 1. The molecule has 98 valence electrons.